The molecular weight excluding hydrogens is 367 g/mol. The molecule has 128 valence electrons. The molecule has 0 spiro atoms. The van der Waals surface area contributed by atoms with Gasteiger partial charge in [0.2, 0.25) is 5.88 Å². The molecule has 0 saturated carbocycles. The minimum absolute atomic E-state index is 0.418. The highest BCUT2D eigenvalue weighted by atomic mass is 35.5. The molecule has 0 aliphatic carbocycles. The van der Waals surface area contributed by atoms with E-state index in [0.717, 1.165) is 16.5 Å². The molecule has 0 aliphatic rings. The van der Waals surface area contributed by atoms with Crippen molar-refractivity contribution in [2.45, 2.75) is 6.42 Å². The number of ether oxygens (including phenoxy) is 1. The lowest BCUT2D eigenvalue weighted by Crippen LogP contribution is -2.00. The molecular formula is C21H14Cl2N2O. The van der Waals surface area contributed by atoms with Crippen molar-refractivity contribution in [3.05, 3.63) is 94.1 Å². The fourth-order valence-electron chi connectivity index (χ4n) is 2.79. The summed E-state index contributed by atoms with van der Waals surface area (Å²) in [5.41, 5.74) is 2.09. The van der Waals surface area contributed by atoms with Crippen LogP contribution in [-0.2, 0) is 6.42 Å². The lowest BCUT2D eigenvalue weighted by molar-refractivity contribution is 0.461. The van der Waals surface area contributed by atoms with Crippen LogP contribution in [0.15, 0.2) is 72.8 Å². The van der Waals surface area contributed by atoms with E-state index in [0.29, 0.717) is 28.1 Å². The summed E-state index contributed by atoms with van der Waals surface area (Å²) >= 11 is 12.2. The molecule has 0 saturated heterocycles. The highest BCUT2D eigenvalue weighted by molar-refractivity contribution is 6.35. The maximum atomic E-state index is 6.21. The van der Waals surface area contributed by atoms with Crippen LogP contribution < -0.4 is 4.74 Å². The molecule has 1 heterocycles. The van der Waals surface area contributed by atoms with Crippen molar-refractivity contribution in [3.63, 3.8) is 0 Å². The second kappa shape index (κ2) is 7.32. The van der Waals surface area contributed by atoms with E-state index < -0.39 is 0 Å². The zero-order valence-corrected chi connectivity index (χ0v) is 15.2. The fourth-order valence-corrected chi connectivity index (χ4v) is 3.24. The molecule has 0 bridgehead atoms. The Morgan fingerprint density at radius 3 is 2.27 bits per heavy atom. The van der Waals surface area contributed by atoms with Crippen molar-refractivity contribution in [2.24, 2.45) is 0 Å². The topological polar surface area (TPSA) is 35.0 Å². The molecule has 0 amide bonds. The van der Waals surface area contributed by atoms with Crippen molar-refractivity contribution in [3.8, 4) is 11.6 Å². The van der Waals surface area contributed by atoms with Gasteiger partial charge in [0.25, 0.3) is 0 Å². The number of halogens is 2. The van der Waals surface area contributed by atoms with Gasteiger partial charge in [0.1, 0.15) is 5.75 Å². The molecule has 3 nitrogen and oxygen atoms in total. The Bertz CT molecular complexity index is 1070. The molecule has 0 unspecified atom stereocenters. The Morgan fingerprint density at radius 1 is 0.769 bits per heavy atom. The van der Waals surface area contributed by atoms with Gasteiger partial charge >= 0.3 is 0 Å². The quantitative estimate of drug-likeness (QED) is 0.415. The van der Waals surface area contributed by atoms with Gasteiger partial charge in [-0.2, -0.15) is 5.10 Å². The first-order valence-electron chi connectivity index (χ1n) is 8.12. The van der Waals surface area contributed by atoms with E-state index in [1.165, 1.54) is 5.56 Å². The summed E-state index contributed by atoms with van der Waals surface area (Å²) in [6.45, 7) is 0. The van der Waals surface area contributed by atoms with Gasteiger partial charge in [0, 0.05) is 22.2 Å². The molecule has 4 rings (SSSR count). The number of aromatic nitrogens is 2. The molecule has 0 aliphatic heterocycles. The van der Waals surface area contributed by atoms with Crippen LogP contribution in [0.5, 0.6) is 11.6 Å². The summed E-state index contributed by atoms with van der Waals surface area (Å²) in [7, 11) is 0. The first kappa shape index (κ1) is 16.8. The van der Waals surface area contributed by atoms with Gasteiger partial charge in [-0.1, -0.05) is 71.7 Å². The average molecular weight is 381 g/mol. The molecule has 0 atom stereocenters. The molecule has 0 radical (unpaired) electrons. The SMILES string of the molecule is Clc1ccc(Oc2nnc(Cc3ccccc3)c3ccccc23)c(Cl)c1. The number of nitrogens with zero attached hydrogens (tertiary/aromatic N) is 2. The molecule has 3 aromatic carbocycles. The Kier molecular flexibility index (Phi) is 4.74. The lowest BCUT2D eigenvalue weighted by Gasteiger charge is -2.11. The predicted molar refractivity (Wildman–Crippen MR) is 105 cm³/mol. The minimum Gasteiger partial charge on any atom is -0.435 e. The van der Waals surface area contributed by atoms with Crippen LogP contribution in [0, 0.1) is 0 Å². The summed E-state index contributed by atoms with van der Waals surface area (Å²) in [5, 5.41) is 11.6. The van der Waals surface area contributed by atoms with Gasteiger partial charge in [0.15, 0.2) is 0 Å². The number of fused-ring (bicyclic) bond motifs is 1. The van der Waals surface area contributed by atoms with Crippen molar-refractivity contribution in [1.82, 2.24) is 10.2 Å². The third kappa shape index (κ3) is 3.50. The number of benzene rings is 3. The first-order valence-corrected chi connectivity index (χ1v) is 8.87. The summed E-state index contributed by atoms with van der Waals surface area (Å²) < 4.78 is 5.92. The van der Waals surface area contributed by atoms with Crippen LogP contribution in [0.3, 0.4) is 0 Å². The summed E-state index contributed by atoms with van der Waals surface area (Å²) in [6.07, 6.45) is 0.705. The highest BCUT2D eigenvalue weighted by Crippen LogP contribution is 2.34. The zero-order chi connectivity index (χ0) is 17.9. The van der Waals surface area contributed by atoms with E-state index in [2.05, 4.69) is 22.3 Å². The van der Waals surface area contributed by atoms with Crippen LogP contribution in [0.4, 0.5) is 0 Å². The fraction of sp³-hybridized carbons (Fsp3) is 0.0476. The van der Waals surface area contributed by atoms with Gasteiger partial charge in [-0.15, -0.1) is 5.10 Å². The van der Waals surface area contributed by atoms with E-state index in [4.69, 9.17) is 27.9 Å². The molecule has 5 heteroatoms. The largest absolute Gasteiger partial charge is 0.435 e. The van der Waals surface area contributed by atoms with E-state index in [-0.39, 0.29) is 0 Å². The average Bonchev–Trinajstić information content (AvgIpc) is 2.66. The Balaban J connectivity index is 1.74. The predicted octanol–water partition coefficient (Wildman–Crippen LogP) is 6.32. The third-order valence-corrected chi connectivity index (χ3v) is 4.58. The Labute approximate surface area is 161 Å². The van der Waals surface area contributed by atoms with Crippen LogP contribution in [-0.4, -0.2) is 10.2 Å². The van der Waals surface area contributed by atoms with Crippen LogP contribution in [0.25, 0.3) is 10.8 Å². The molecule has 1 aromatic heterocycles. The summed E-state index contributed by atoms with van der Waals surface area (Å²) in [5.74, 6) is 0.910. The minimum atomic E-state index is 0.418. The van der Waals surface area contributed by atoms with Crippen molar-refractivity contribution in [1.29, 1.82) is 0 Å². The normalized spacial score (nSPS) is 10.8. The second-order valence-electron chi connectivity index (χ2n) is 5.84. The first-order chi connectivity index (χ1) is 12.7. The Morgan fingerprint density at radius 2 is 1.50 bits per heavy atom. The maximum Gasteiger partial charge on any atom is 0.246 e. The summed E-state index contributed by atoms with van der Waals surface area (Å²) in [4.78, 5) is 0. The van der Waals surface area contributed by atoms with Crippen molar-refractivity contribution >= 4 is 34.0 Å². The second-order valence-corrected chi connectivity index (χ2v) is 6.68. The van der Waals surface area contributed by atoms with Crippen LogP contribution >= 0.6 is 23.2 Å². The van der Waals surface area contributed by atoms with Crippen molar-refractivity contribution in [2.75, 3.05) is 0 Å². The number of rotatable bonds is 4. The van der Waals surface area contributed by atoms with Gasteiger partial charge in [-0.3, -0.25) is 0 Å². The molecule has 0 N–H and O–H groups in total. The van der Waals surface area contributed by atoms with Crippen LogP contribution in [0.2, 0.25) is 10.0 Å². The van der Waals surface area contributed by atoms with E-state index in [1.807, 2.05) is 42.5 Å². The van der Waals surface area contributed by atoms with Gasteiger partial charge < -0.3 is 4.74 Å². The van der Waals surface area contributed by atoms with Gasteiger partial charge in [-0.25, -0.2) is 0 Å². The van der Waals surface area contributed by atoms with Gasteiger partial charge in [0.05, 0.1) is 10.7 Å². The maximum absolute atomic E-state index is 6.21. The van der Waals surface area contributed by atoms with Gasteiger partial charge in [-0.05, 0) is 29.8 Å². The molecule has 26 heavy (non-hydrogen) atoms. The smallest absolute Gasteiger partial charge is 0.246 e. The zero-order valence-electron chi connectivity index (χ0n) is 13.7. The number of hydrogen-bond donors (Lipinski definition) is 0. The molecule has 0 fully saturated rings. The van der Waals surface area contributed by atoms with Crippen LogP contribution in [0.1, 0.15) is 11.3 Å². The van der Waals surface area contributed by atoms with E-state index in [1.54, 1.807) is 18.2 Å². The summed E-state index contributed by atoms with van der Waals surface area (Å²) in [6, 6.07) is 23.2. The monoisotopic (exact) mass is 380 g/mol. The highest BCUT2D eigenvalue weighted by Gasteiger charge is 2.13. The number of hydrogen-bond acceptors (Lipinski definition) is 3. The van der Waals surface area contributed by atoms with Crippen molar-refractivity contribution < 1.29 is 4.74 Å². The lowest BCUT2D eigenvalue weighted by atomic mass is 10.0. The third-order valence-electron chi connectivity index (χ3n) is 4.04. The molecule has 4 aromatic rings. The Hall–Kier alpha value is -2.62. The van der Waals surface area contributed by atoms with E-state index >= 15 is 0 Å². The standard InChI is InChI=1S/C21H14Cl2N2O/c22-15-10-11-20(18(23)13-15)26-21-17-9-5-4-8-16(17)19(24-25-21)12-14-6-2-1-3-7-14/h1-11,13H,12H2. The van der Waals surface area contributed by atoms with E-state index in [9.17, 15) is 0 Å².